The van der Waals surface area contributed by atoms with Crippen LogP contribution in [-0.2, 0) is 80.9 Å². The minimum Gasteiger partial charge on any atom is -0.469 e. The lowest BCUT2D eigenvalue weighted by Crippen LogP contribution is -2.41. The Morgan fingerprint density at radius 1 is 0.679 bits per heavy atom. The SMILES string of the molecule is CCC(COCC(O)COC(=O)C(CC(=O)OC)C(CC(=O)OC(C(=O)OC)C(C)C(=O)OC)C(=O)OCC(C)O)(COCC1CO1)COCC1CO1. The molecule has 0 radical (unpaired) electrons. The van der Waals surface area contributed by atoms with E-state index >= 15 is 0 Å². The lowest BCUT2D eigenvalue weighted by molar-refractivity contribution is -0.178. The maximum absolute atomic E-state index is 13.4. The van der Waals surface area contributed by atoms with E-state index in [2.05, 4.69) is 14.2 Å². The van der Waals surface area contributed by atoms with Crippen LogP contribution in [0, 0.1) is 23.2 Å². The number of hydrogen-bond donors (Lipinski definition) is 2. The Morgan fingerprint density at radius 3 is 1.62 bits per heavy atom. The summed E-state index contributed by atoms with van der Waals surface area (Å²) < 4.78 is 57.4. The highest BCUT2D eigenvalue weighted by Crippen LogP contribution is 2.28. The first kappa shape index (κ1) is 45.7. The van der Waals surface area contributed by atoms with Crippen LogP contribution in [0.1, 0.15) is 40.0 Å². The van der Waals surface area contributed by atoms with Crippen LogP contribution in [0.25, 0.3) is 0 Å². The molecule has 0 aliphatic carbocycles. The lowest BCUT2D eigenvalue weighted by atomic mass is 9.86. The van der Waals surface area contributed by atoms with Crippen molar-refractivity contribution >= 4 is 35.8 Å². The average Bonchev–Trinajstić information content (AvgIpc) is 4.09. The number of aliphatic hydroxyl groups excluding tert-OH is 2. The van der Waals surface area contributed by atoms with Gasteiger partial charge in [0.1, 0.15) is 37.4 Å². The Kier molecular flexibility index (Phi) is 20.1. The van der Waals surface area contributed by atoms with E-state index in [9.17, 15) is 39.0 Å². The second-order valence-corrected chi connectivity index (χ2v) is 13.0. The van der Waals surface area contributed by atoms with Gasteiger partial charge in [-0.15, -0.1) is 0 Å². The fourth-order valence-corrected chi connectivity index (χ4v) is 4.82. The van der Waals surface area contributed by atoms with Gasteiger partial charge in [-0.05, 0) is 20.3 Å². The van der Waals surface area contributed by atoms with Gasteiger partial charge < -0.3 is 62.3 Å². The number of carbonyl (C=O) groups is 6. The molecule has 0 bridgehead atoms. The van der Waals surface area contributed by atoms with Gasteiger partial charge in [0.2, 0.25) is 6.10 Å². The Morgan fingerprint density at radius 2 is 1.17 bits per heavy atom. The quantitative estimate of drug-likeness (QED) is 0.0558. The third-order valence-corrected chi connectivity index (χ3v) is 8.39. The number of rotatable bonds is 28. The maximum atomic E-state index is 13.4. The molecule has 19 heteroatoms. The summed E-state index contributed by atoms with van der Waals surface area (Å²) in [6, 6.07) is 0. The van der Waals surface area contributed by atoms with Crippen LogP contribution in [0.5, 0.6) is 0 Å². The summed E-state index contributed by atoms with van der Waals surface area (Å²) in [5, 5.41) is 20.3. The van der Waals surface area contributed by atoms with Gasteiger partial charge in [0.15, 0.2) is 0 Å². The lowest BCUT2D eigenvalue weighted by Gasteiger charge is -2.32. The van der Waals surface area contributed by atoms with Gasteiger partial charge in [0.25, 0.3) is 0 Å². The van der Waals surface area contributed by atoms with Gasteiger partial charge in [-0.3, -0.25) is 24.0 Å². The van der Waals surface area contributed by atoms with Crippen molar-refractivity contribution in [2.75, 3.05) is 87.4 Å². The smallest absolute Gasteiger partial charge is 0.348 e. The zero-order chi connectivity index (χ0) is 39.6. The fourth-order valence-electron chi connectivity index (χ4n) is 4.82. The van der Waals surface area contributed by atoms with Crippen LogP contribution >= 0.6 is 0 Å². The van der Waals surface area contributed by atoms with E-state index in [0.717, 1.165) is 21.3 Å². The van der Waals surface area contributed by atoms with Crippen LogP contribution in [-0.4, -0.2) is 164 Å². The van der Waals surface area contributed by atoms with Crippen LogP contribution in [0.2, 0.25) is 0 Å². The molecule has 0 aromatic heterocycles. The summed E-state index contributed by atoms with van der Waals surface area (Å²) in [7, 11) is 3.08. The molecule has 2 aliphatic rings. The number of ether oxygens (including phenoxy) is 11. The van der Waals surface area contributed by atoms with E-state index in [0.29, 0.717) is 46.1 Å². The maximum Gasteiger partial charge on any atom is 0.348 e. The van der Waals surface area contributed by atoms with E-state index in [-0.39, 0.29) is 25.4 Å². The molecule has 19 nitrogen and oxygen atoms in total. The Bertz CT molecular complexity index is 1160. The second-order valence-electron chi connectivity index (χ2n) is 13.0. The monoisotopic (exact) mass is 766 g/mol. The van der Waals surface area contributed by atoms with E-state index < -0.39 is 103 Å². The van der Waals surface area contributed by atoms with E-state index in [1.165, 1.54) is 13.8 Å². The molecule has 304 valence electrons. The molecule has 0 amide bonds. The predicted molar refractivity (Wildman–Crippen MR) is 176 cm³/mol. The Hall–Kier alpha value is -3.46. The zero-order valence-corrected chi connectivity index (χ0v) is 31.1. The van der Waals surface area contributed by atoms with Gasteiger partial charge in [-0.1, -0.05) is 6.92 Å². The van der Waals surface area contributed by atoms with Crippen molar-refractivity contribution in [2.24, 2.45) is 23.2 Å². The first-order valence-corrected chi connectivity index (χ1v) is 17.3. The molecule has 2 rings (SSSR count). The summed E-state index contributed by atoms with van der Waals surface area (Å²) in [5.74, 6) is -11.5. The Labute approximate surface area is 308 Å². The summed E-state index contributed by atoms with van der Waals surface area (Å²) in [5.41, 5.74) is -0.568. The normalized spacial score (nSPS) is 20.6. The van der Waals surface area contributed by atoms with Crippen molar-refractivity contribution in [3.05, 3.63) is 0 Å². The molecule has 8 unspecified atom stereocenters. The van der Waals surface area contributed by atoms with Crippen LogP contribution < -0.4 is 0 Å². The van der Waals surface area contributed by atoms with Crippen molar-refractivity contribution in [2.45, 2.75) is 70.6 Å². The minimum atomic E-state index is -1.79. The number of methoxy groups -OCH3 is 3. The molecule has 0 saturated carbocycles. The topological polar surface area (TPSA) is 251 Å². The predicted octanol–water partition coefficient (Wildman–Crippen LogP) is -0.862. The molecular weight excluding hydrogens is 712 g/mol. The third kappa shape index (κ3) is 17.0. The molecule has 2 N–H and O–H groups in total. The van der Waals surface area contributed by atoms with Crippen molar-refractivity contribution in [1.82, 2.24) is 0 Å². The van der Waals surface area contributed by atoms with Gasteiger partial charge in [-0.25, -0.2) is 4.79 Å². The second kappa shape index (κ2) is 23.4. The summed E-state index contributed by atoms with van der Waals surface area (Å²) >= 11 is 0. The standard InChI is InChI=1S/C34H54O19/c1-7-34(18-47-13-23-15-49-23,19-48-14-24-16-50-24)17-46-11-22(36)12-52-32(41)25(8-27(37)43-4)26(31(40)51-10-20(2)35)9-28(38)53-29(33(42)45-6)21(3)30(39)44-5/h20-26,29,35-36H,7-19H2,1-6H3. The number of esters is 6. The van der Waals surface area contributed by atoms with Crippen molar-refractivity contribution in [3.8, 4) is 0 Å². The third-order valence-electron chi connectivity index (χ3n) is 8.39. The number of hydrogen-bond acceptors (Lipinski definition) is 19. The first-order chi connectivity index (χ1) is 25.2. The van der Waals surface area contributed by atoms with E-state index in [4.69, 9.17) is 37.9 Å². The summed E-state index contributed by atoms with van der Waals surface area (Å²) in [4.78, 5) is 76.6. The molecule has 53 heavy (non-hydrogen) atoms. The number of carbonyl (C=O) groups excluding carboxylic acids is 6. The first-order valence-electron chi connectivity index (χ1n) is 17.3. The van der Waals surface area contributed by atoms with Gasteiger partial charge in [0, 0.05) is 5.41 Å². The minimum absolute atomic E-state index is 0.0585. The molecule has 2 saturated heterocycles. The highest BCUT2D eigenvalue weighted by Gasteiger charge is 2.42. The average molecular weight is 767 g/mol. The largest absolute Gasteiger partial charge is 0.469 e. The summed E-state index contributed by atoms with van der Waals surface area (Å²) in [6.45, 7) is 5.86. The van der Waals surface area contributed by atoms with Crippen LogP contribution in [0.15, 0.2) is 0 Å². The molecule has 0 aromatic carbocycles. The molecular formula is C34H54O19. The zero-order valence-electron chi connectivity index (χ0n) is 31.1. The van der Waals surface area contributed by atoms with E-state index in [1.54, 1.807) is 0 Å². The number of aliphatic hydroxyl groups is 2. The van der Waals surface area contributed by atoms with Gasteiger partial charge in [-0.2, -0.15) is 0 Å². The van der Waals surface area contributed by atoms with Crippen LogP contribution in [0.4, 0.5) is 0 Å². The van der Waals surface area contributed by atoms with Crippen LogP contribution in [0.3, 0.4) is 0 Å². The molecule has 0 aromatic rings. The van der Waals surface area contributed by atoms with Crippen molar-refractivity contribution in [3.63, 3.8) is 0 Å². The molecule has 2 heterocycles. The molecule has 2 aliphatic heterocycles. The fraction of sp³-hybridized carbons (Fsp3) is 0.824. The number of epoxide rings is 2. The van der Waals surface area contributed by atoms with Crippen molar-refractivity contribution in [1.29, 1.82) is 0 Å². The van der Waals surface area contributed by atoms with Gasteiger partial charge in [0.05, 0.1) is 105 Å². The van der Waals surface area contributed by atoms with E-state index in [1.807, 2.05) is 6.92 Å². The Balaban J connectivity index is 2.13. The highest BCUT2D eigenvalue weighted by molar-refractivity contribution is 5.90. The molecule has 2 fully saturated rings. The summed E-state index contributed by atoms with van der Waals surface area (Å²) in [6.07, 6.45) is -5.29. The van der Waals surface area contributed by atoms with Crippen molar-refractivity contribution < 1.29 is 91.1 Å². The highest BCUT2D eigenvalue weighted by atomic mass is 16.6. The molecule has 8 atom stereocenters. The molecule has 0 spiro atoms. The van der Waals surface area contributed by atoms with Gasteiger partial charge >= 0.3 is 35.8 Å².